The Hall–Kier alpha value is -3.21. The van der Waals surface area contributed by atoms with E-state index in [-0.39, 0.29) is 5.91 Å². The molecule has 2 heterocycles. The van der Waals surface area contributed by atoms with E-state index in [2.05, 4.69) is 23.2 Å². The van der Waals surface area contributed by atoms with Gasteiger partial charge in [-0.2, -0.15) is 0 Å². The number of rotatable bonds is 5. The highest BCUT2D eigenvalue weighted by Gasteiger charge is 2.29. The van der Waals surface area contributed by atoms with Crippen molar-refractivity contribution in [2.24, 2.45) is 0 Å². The van der Waals surface area contributed by atoms with Gasteiger partial charge in [0.05, 0.1) is 5.69 Å². The molecule has 1 fully saturated rings. The molecule has 152 valence electrons. The minimum Gasteiger partial charge on any atom is -0.348 e. The predicted molar refractivity (Wildman–Crippen MR) is 119 cm³/mol. The van der Waals surface area contributed by atoms with E-state index in [0.717, 1.165) is 48.6 Å². The fourth-order valence-corrected chi connectivity index (χ4v) is 4.29. The topological polar surface area (TPSA) is 58.1 Å². The molecule has 1 saturated heterocycles. The standard InChI is InChI=1S/C25H26N4O/c1-17-13-14-29(17)25-27-22-12-6-11-21(22)23(28-25)19-9-5-10-20(15-19)24(30)26-16-18-7-3-2-4-8-18/h2-5,7-10,15,17H,6,11-14,16H2,1H3,(H,26,30)/t17-/m0/s1. The summed E-state index contributed by atoms with van der Waals surface area (Å²) < 4.78 is 0. The van der Waals surface area contributed by atoms with Crippen LogP contribution in [0.5, 0.6) is 0 Å². The molecule has 2 aromatic carbocycles. The molecule has 1 aliphatic carbocycles. The van der Waals surface area contributed by atoms with Gasteiger partial charge in [-0.3, -0.25) is 4.79 Å². The number of amides is 1. The number of hydrogen-bond donors (Lipinski definition) is 1. The van der Waals surface area contributed by atoms with E-state index in [1.54, 1.807) is 0 Å². The number of carbonyl (C=O) groups excluding carboxylic acids is 1. The highest BCUT2D eigenvalue weighted by atomic mass is 16.1. The first-order valence-corrected chi connectivity index (χ1v) is 10.8. The van der Waals surface area contributed by atoms with Gasteiger partial charge in [-0.1, -0.05) is 42.5 Å². The maximum atomic E-state index is 12.8. The Morgan fingerprint density at radius 3 is 2.73 bits per heavy atom. The summed E-state index contributed by atoms with van der Waals surface area (Å²) in [6, 6.07) is 18.3. The molecule has 5 heteroatoms. The lowest BCUT2D eigenvalue weighted by Crippen LogP contribution is -2.46. The van der Waals surface area contributed by atoms with Crippen molar-refractivity contribution in [1.29, 1.82) is 0 Å². The fraction of sp³-hybridized carbons (Fsp3) is 0.320. The van der Waals surface area contributed by atoms with E-state index in [4.69, 9.17) is 9.97 Å². The average molecular weight is 399 g/mol. The highest BCUT2D eigenvalue weighted by Crippen LogP contribution is 2.34. The Morgan fingerprint density at radius 1 is 1.10 bits per heavy atom. The normalized spacial score (nSPS) is 17.4. The van der Waals surface area contributed by atoms with Gasteiger partial charge in [-0.05, 0) is 50.3 Å². The molecule has 1 amide bonds. The second-order valence-electron chi connectivity index (χ2n) is 8.23. The molecule has 1 N–H and O–H groups in total. The molecule has 1 atom stereocenters. The van der Waals surface area contributed by atoms with Crippen molar-refractivity contribution < 1.29 is 4.79 Å². The van der Waals surface area contributed by atoms with Gasteiger partial charge in [0.25, 0.3) is 5.91 Å². The largest absolute Gasteiger partial charge is 0.348 e. The molecule has 5 rings (SSSR count). The monoisotopic (exact) mass is 398 g/mol. The second-order valence-corrected chi connectivity index (χ2v) is 8.23. The van der Waals surface area contributed by atoms with Crippen LogP contribution in [0.1, 0.15) is 46.9 Å². The number of nitrogens with zero attached hydrogens (tertiary/aromatic N) is 3. The Morgan fingerprint density at radius 2 is 1.97 bits per heavy atom. The first-order valence-electron chi connectivity index (χ1n) is 10.8. The molecule has 0 bridgehead atoms. The minimum absolute atomic E-state index is 0.0667. The molecule has 0 radical (unpaired) electrons. The molecular weight excluding hydrogens is 372 g/mol. The van der Waals surface area contributed by atoms with Crippen LogP contribution in [0.25, 0.3) is 11.3 Å². The summed E-state index contributed by atoms with van der Waals surface area (Å²) >= 11 is 0. The van der Waals surface area contributed by atoms with Crippen LogP contribution in [0, 0.1) is 0 Å². The van der Waals surface area contributed by atoms with Crippen molar-refractivity contribution in [3.63, 3.8) is 0 Å². The third-order valence-corrected chi connectivity index (χ3v) is 6.19. The van der Waals surface area contributed by atoms with Gasteiger partial charge in [0.2, 0.25) is 5.95 Å². The van der Waals surface area contributed by atoms with E-state index in [1.165, 1.54) is 17.7 Å². The summed E-state index contributed by atoms with van der Waals surface area (Å²) in [5, 5.41) is 3.02. The number of hydrogen-bond acceptors (Lipinski definition) is 4. The van der Waals surface area contributed by atoms with Crippen LogP contribution in [0.2, 0.25) is 0 Å². The molecule has 1 aromatic heterocycles. The van der Waals surface area contributed by atoms with E-state index in [0.29, 0.717) is 18.2 Å². The highest BCUT2D eigenvalue weighted by molar-refractivity contribution is 5.95. The van der Waals surface area contributed by atoms with Crippen LogP contribution in [-0.2, 0) is 19.4 Å². The van der Waals surface area contributed by atoms with Gasteiger partial charge in [0, 0.05) is 41.5 Å². The Labute approximate surface area is 177 Å². The van der Waals surface area contributed by atoms with Crippen molar-refractivity contribution in [2.75, 3.05) is 11.4 Å². The lowest BCUT2D eigenvalue weighted by Gasteiger charge is -2.39. The first-order chi connectivity index (χ1) is 14.7. The van der Waals surface area contributed by atoms with E-state index < -0.39 is 0 Å². The lowest BCUT2D eigenvalue weighted by atomic mass is 10.0. The quantitative estimate of drug-likeness (QED) is 0.701. The summed E-state index contributed by atoms with van der Waals surface area (Å²) in [6.07, 6.45) is 4.32. The molecule has 0 spiro atoms. The number of fused-ring (bicyclic) bond motifs is 1. The third-order valence-electron chi connectivity index (χ3n) is 6.19. The van der Waals surface area contributed by atoms with Crippen molar-refractivity contribution in [1.82, 2.24) is 15.3 Å². The molecule has 1 aliphatic heterocycles. The van der Waals surface area contributed by atoms with Gasteiger partial charge < -0.3 is 10.2 Å². The maximum Gasteiger partial charge on any atom is 0.251 e. The van der Waals surface area contributed by atoms with Gasteiger partial charge in [0.1, 0.15) is 0 Å². The smallest absolute Gasteiger partial charge is 0.251 e. The number of aromatic nitrogens is 2. The second kappa shape index (κ2) is 7.90. The zero-order valence-corrected chi connectivity index (χ0v) is 17.3. The number of benzene rings is 2. The summed E-state index contributed by atoms with van der Waals surface area (Å²) in [5.41, 5.74) is 6.15. The summed E-state index contributed by atoms with van der Waals surface area (Å²) in [4.78, 5) is 24.9. The number of carbonyl (C=O) groups is 1. The number of aryl methyl sites for hydroxylation is 1. The van der Waals surface area contributed by atoms with E-state index in [9.17, 15) is 4.79 Å². The fourth-order valence-electron chi connectivity index (χ4n) is 4.29. The van der Waals surface area contributed by atoms with Gasteiger partial charge >= 0.3 is 0 Å². The first kappa shape index (κ1) is 18.8. The molecule has 2 aliphatic rings. The van der Waals surface area contributed by atoms with Gasteiger partial charge in [-0.25, -0.2) is 9.97 Å². The van der Waals surface area contributed by atoms with Crippen LogP contribution in [0.3, 0.4) is 0 Å². The zero-order valence-electron chi connectivity index (χ0n) is 17.3. The van der Waals surface area contributed by atoms with Crippen LogP contribution in [0.4, 0.5) is 5.95 Å². The Bertz CT molecular complexity index is 1080. The molecule has 0 unspecified atom stereocenters. The van der Waals surface area contributed by atoms with Crippen molar-refractivity contribution in [3.8, 4) is 11.3 Å². The zero-order chi connectivity index (χ0) is 20.5. The average Bonchev–Trinajstić information content (AvgIpc) is 3.25. The lowest BCUT2D eigenvalue weighted by molar-refractivity contribution is 0.0951. The summed E-state index contributed by atoms with van der Waals surface area (Å²) in [7, 11) is 0. The third kappa shape index (κ3) is 3.56. The van der Waals surface area contributed by atoms with Crippen LogP contribution < -0.4 is 10.2 Å². The molecular formula is C25H26N4O. The van der Waals surface area contributed by atoms with E-state index >= 15 is 0 Å². The maximum absolute atomic E-state index is 12.8. The SMILES string of the molecule is C[C@H]1CCN1c1nc2c(c(-c3cccc(C(=O)NCc4ccccc4)c3)n1)CCC2. The molecule has 30 heavy (non-hydrogen) atoms. The molecule has 3 aromatic rings. The Balaban J connectivity index is 1.43. The Kier molecular flexibility index (Phi) is 4.95. The minimum atomic E-state index is -0.0667. The van der Waals surface area contributed by atoms with Crippen LogP contribution in [-0.4, -0.2) is 28.5 Å². The predicted octanol–water partition coefficient (Wildman–Crippen LogP) is 4.16. The van der Waals surface area contributed by atoms with Crippen LogP contribution >= 0.6 is 0 Å². The van der Waals surface area contributed by atoms with Crippen molar-refractivity contribution in [3.05, 3.63) is 77.0 Å². The van der Waals surface area contributed by atoms with Crippen molar-refractivity contribution in [2.45, 2.75) is 45.2 Å². The number of nitrogens with one attached hydrogen (secondary N) is 1. The van der Waals surface area contributed by atoms with E-state index in [1.807, 2.05) is 48.5 Å². The summed E-state index contributed by atoms with van der Waals surface area (Å²) in [5.74, 6) is 0.770. The van der Waals surface area contributed by atoms with Gasteiger partial charge in [-0.15, -0.1) is 0 Å². The molecule has 5 nitrogen and oxygen atoms in total. The number of anilines is 1. The van der Waals surface area contributed by atoms with Gasteiger partial charge in [0.15, 0.2) is 0 Å². The van der Waals surface area contributed by atoms with Crippen LogP contribution in [0.15, 0.2) is 54.6 Å². The van der Waals surface area contributed by atoms with Crippen molar-refractivity contribution >= 4 is 11.9 Å². The summed E-state index contributed by atoms with van der Waals surface area (Å²) in [6.45, 7) is 3.75. The molecule has 0 saturated carbocycles.